The summed E-state index contributed by atoms with van der Waals surface area (Å²) in [7, 11) is 0. The normalized spacial score (nSPS) is 13.3. The summed E-state index contributed by atoms with van der Waals surface area (Å²) in [5, 5.41) is 1.12. The van der Waals surface area contributed by atoms with Gasteiger partial charge in [-0.25, -0.2) is 4.98 Å². The van der Waals surface area contributed by atoms with Crippen molar-refractivity contribution in [3.8, 4) is 0 Å². The molecule has 0 amide bonds. The van der Waals surface area contributed by atoms with Gasteiger partial charge in [0.1, 0.15) is 5.01 Å². The van der Waals surface area contributed by atoms with Crippen LogP contribution in [0.5, 0.6) is 0 Å². The van der Waals surface area contributed by atoms with E-state index in [1.54, 1.807) is 11.3 Å². The van der Waals surface area contributed by atoms with Gasteiger partial charge >= 0.3 is 0 Å². The van der Waals surface area contributed by atoms with E-state index in [1.165, 1.54) is 20.7 Å². The van der Waals surface area contributed by atoms with Crippen LogP contribution in [0.4, 0.5) is 0 Å². The van der Waals surface area contributed by atoms with Gasteiger partial charge in [-0.05, 0) is 35.7 Å². The Labute approximate surface area is 175 Å². The summed E-state index contributed by atoms with van der Waals surface area (Å²) in [6.07, 6.45) is 3.02. The molecule has 1 atom stereocenters. The molecule has 3 heteroatoms. The fraction of sp³-hybridized carbons (Fsp3) is 0.160. The second kappa shape index (κ2) is 8.34. The third-order valence-corrected chi connectivity index (χ3v) is 7.55. The standard InChI is InChI=1S/C25H23NS2/c1-3-25(4-2,24-26-21-15-9-11-17-23(21)28-24)20-14-8-10-16-22(20)27-18-19-12-6-5-7-13-19/h3,5-17H,1,4,18H2,2H3. The minimum atomic E-state index is -0.274. The monoisotopic (exact) mass is 401 g/mol. The van der Waals surface area contributed by atoms with Gasteiger partial charge in [0.25, 0.3) is 0 Å². The summed E-state index contributed by atoms with van der Waals surface area (Å²) in [5.41, 5.74) is 3.43. The summed E-state index contributed by atoms with van der Waals surface area (Å²) in [5.74, 6) is 0.953. The van der Waals surface area contributed by atoms with E-state index in [2.05, 4.69) is 98.4 Å². The fourth-order valence-electron chi connectivity index (χ4n) is 3.56. The van der Waals surface area contributed by atoms with Crippen molar-refractivity contribution in [2.24, 2.45) is 0 Å². The lowest BCUT2D eigenvalue weighted by molar-refractivity contribution is 0.604. The Morgan fingerprint density at radius 1 is 0.964 bits per heavy atom. The van der Waals surface area contributed by atoms with Gasteiger partial charge in [-0.15, -0.1) is 29.7 Å². The predicted octanol–water partition coefficient (Wildman–Crippen LogP) is 7.47. The van der Waals surface area contributed by atoms with Gasteiger partial charge in [-0.2, -0.15) is 0 Å². The Kier molecular flexibility index (Phi) is 5.65. The average Bonchev–Trinajstić information content (AvgIpc) is 3.20. The highest BCUT2D eigenvalue weighted by Crippen LogP contribution is 2.44. The average molecular weight is 402 g/mol. The Morgan fingerprint density at radius 3 is 2.43 bits per heavy atom. The van der Waals surface area contributed by atoms with E-state index in [9.17, 15) is 0 Å². The van der Waals surface area contributed by atoms with Crippen LogP contribution >= 0.6 is 23.1 Å². The molecule has 0 saturated carbocycles. The van der Waals surface area contributed by atoms with Crippen LogP contribution in [-0.4, -0.2) is 4.98 Å². The van der Waals surface area contributed by atoms with Crippen LogP contribution < -0.4 is 0 Å². The maximum atomic E-state index is 5.00. The molecule has 140 valence electrons. The minimum Gasteiger partial charge on any atom is -0.240 e. The van der Waals surface area contributed by atoms with Crippen molar-refractivity contribution in [1.29, 1.82) is 0 Å². The topological polar surface area (TPSA) is 12.9 Å². The molecular formula is C25H23NS2. The Hall–Kier alpha value is -2.36. The third-order valence-electron chi connectivity index (χ3n) is 5.19. The molecule has 0 bridgehead atoms. The van der Waals surface area contributed by atoms with Crippen molar-refractivity contribution >= 4 is 33.3 Å². The summed E-state index contributed by atoms with van der Waals surface area (Å²) >= 11 is 3.67. The number of hydrogen-bond donors (Lipinski definition) is 0. The first-order valence-corrected chi connectivity index (χ1v) is 11.3. The summed E-state index contributed by atoms with van der Waals surface area (Å²) < 4.78 is 1.23. The molecule has 3 aromatic carbocycles. The summed E-state index contributed by atoms with van der Waals surface area (Å²) in [6.45, 7) is 6.47. The van der Waals surface area contributed by atoms with Crippen molar-refractivity contribution < 1.29 is 0 Å². The zero-order valence-corrected chi connectivity index (χ0v) is 17.6. The Morgan fingerprint density at radius 2 is 1.68 bits per heavy atom. The van der Waals surface area contributed by atoms with Gasteiger partial charge in [0, 0.05) is 10.6 Å². The van der Waals surface area contributed by atoms with E-state index in [0.29, 0.717) is 0 Å². The van der Waals surface area contributed by atoms with Crippen LogP contribution in [-0.2, 0) is 11.2 Å². The number of nitrogens with zero attached hydrogens (tertiary/aromatic N) is 1. The quantitative estimate of drug-likeness (QED) is 0.235. The van der Waals surface area contributed by atoms with E-state index < -0.39 is 0 Å². The molecule has 0 saturated heterocycles. The van der Waals surface area contributed by atoms with Crippen molar-refractivity contribution in [3.63, 3.8) is 0 Å². The first-order valence-electron chi connectivity index (χ1n) is 9.52. The van der Waals surface area contributed by atoms with Crippen LogP contribution in [0.25, 0.3) is 10.2 Å². The second-order valence-corrected chi connectivity index (χ2v) is 8.83. The number of benzene rings is 3. The van der Waals surface area contributed by atoms with Gasteiger partial charge in [0.15, 0.2) is 0 Å². The lowest BCUT2D eigenvalue weighted by Gasteiger charge is -2.29. The first kappa shape index (κ1) is 19.0. The Bertz CT molecular complexity index is 1050. The number of thiazole rings is 1. The van der Waals surface area contributed by atoms with Crippen LogP contribution in [0.15, 0.2) is 96.4 Å². The Balaban J connectivity index is 1.76. The van der Waals surface area contributed by atoms with Gasteiger partial charge in [0.05, 0.1) is 15.6 Å². The van der Waals surface area contributed by atoms with Crippen LogP contribution in [0.2, 0.25) is 0 Å². The summed E-state index contributed by atoms with van der Waals surface area (Å²) in [6, 6.07) is 27.7. The molecule has 0 fully saturated rings. The molecule has 1 aromatic heterocycles. The van der Waals surface area contributed by atoms with Crippen LogP contribution in [0, 0.1) is 0 Å². The van der Waals surface area contributed by atoms with Crippen LogP contribution in [0.1, 0.15) is 29.5 Å². The first-order chi connectivity index (χ1) is 13.8. The molecule has 1 heterocycles. The molecular weight excluding hydrogens is 378 g/mol. The molecule has 4 rings (SSSR count). The highest BCUT2D eigenvalue weighted by molar-refractivity contribution is 7.98. The number of hydrogen-bond acceptors (Lipinski definition) is 3. The SMILES string of the molecule is C=CC(CC)(c1nc2ccccc2s1)c1ccccc1SCc1ccccc1. The molecule has 28 heavy (non-hydrogen) atoms. The highest BCUT2D eigenvalue weighted by Gasteiger charge is 2.34. The molecule has 0 aliphatic heterocycles. The number of aromatic nitrogens is 1. The number of thioether (sulfide) groups is 1. The fourth-order valence-corrected chi connectivity index (χ4v) is 5.89. The zero-order chi connectivity index (χ0) is 19.4. The largest absolute Gasteiger partial charge is 0.240 e. The summed E-state index contributed by atoms with van der Waals surface area (Å²) in [4.78, 5) is 6.30. The maximum absolute atomic E-state index is 5.00. The molecule has 0 N–H and O–H groups in total. The van der Waals surface area contributed by atoms with Gasteiger partial charge in [-0.3, -0.25) is 0 Å². The smallest absolute Gasteiger partial charge is 0.108 e. The molecule has 1 unspecified atom stereocenters. The minimum absolute atomic E-state index is 0.274. The van der Waals surface area contributed by atoms with Gasteiger partial charge < -0.3 is 0 Å². The van der Waals surface area contributed by atoms with Crippen molar-refractivity contribution in [2.45, 2.75) is 29.4 Å². The zero-order valence-electron chi connectivity index (χ0n) is 16.0. The third kappa shape index (κ3) is 3.52. The molecule has 4 aromatic rings. The van der Waals surface area contributed by atoms with Crippen molar-refractivity contribution in [1.82, 2.24) is 4.98 Å². The van der Waals surface area contributed by atoms with E-state index in [1.807, 2.05) is 11.8 Å². The number of fused-ring (bicyclic) bond motifs is 1. The lowest BCUT2D eigenvalue weighted by Crippen LogP contribution is -2.24. The molecule has 1 nitrogen and oxygen atoms in total. The number of para-hydroxylation sites is 1. The number of allylic oxidation sites excluding steroid dienone is 1. The van der Waals surface area contributed by atoms with Crippen molar-refractivity contribution in [2.75, 3.05) is 0 Å². The van der Waals surface area contributed by atoms with E-state index in [4.69, 9.17) is 4.98 Å². The lowest BCUT2D eigenvalue weighted by atomic mass is 9.78. The van der Waals surface area contributed by atoms with E-state index in [0.717, 1.165) is 22.7 Å². The van der Waals surface area contributed by atoms with Gasteiger partial charge in [0.2, 0.25) is 0 Å². The second-order valence-electron chi connectivity index (χ2n) is 6.79. The highest BCUT2D eigenvalue weighted by atomic mass is 32.2. The molecule has 0 aliphatic carbocycles. The number of rotatable bonds is 7. The molecule has 0 spiro atoms. The molecule has 0 aliphatic rings. The van der Waals surface area contributed by atoms with Gasteiger partial charge in [-0.1, -0.05) is 73.7 Å². The molecule has 0 radical (unpaired) electrons. The maximum Gasteiger partial charge on any atom is 0.108 e. The van der Waals surface area contributed by atoms with E-state index >= 15 is 0 Å². The predicted molar refractivity (Wildman–Crippen MR) is 123 cm³/mol. The van der Waals surface area contributed by atoms with E-state index in [-0.39, 0.29) is 5.41 Å². The van der Waals surface area contributed by atoms with Crippen LogP contribution in [0.3, 0.4) is 0 Å². The van der Waals surface area contributed by atoms with Crippen molar-refractivity contribution in [3.05, 3.63) is 108 Å².